The van der Waals surface area contributed by atoms with Gasteiger partial charge in [0, 0.05) is 30.9 Å². The fourth-order valence-electron chi connectivity index (χ4n) is 3.89. The Bertz CT molecular complexity index is 770. The molecule has 5 nitrogen and oxygen atoms in total. The Kier molecular flexibility index (Phi) is 4.78. The van der Waals surface area contributed by atoms with Gasteiger partial charge in [-0.15, -0.1) is 11.3 Å². The predicted octanol–water partition coefficient (Wildman–Crippen LogP) is 3.22. The van der Waals surface area contributed by atoms with E-state index in [1.165, 1.54) is 17.8 Å². The smallest absolute Gasteiger partial charge is 0.265 e. The van der Waals surface area contributed by atoms with Crippen LogP contribution in [0.5, 0.6) is 0 Å². The number of nitrogens with one attached hydrogen (secondary N) is 2. The summed E-state index contributed by atoms with van der Waals surface area (Å²) in [7, 11) is 0. The van der Waals surface area contributed by atoms with Crippen LogP contribution in [0.25, 0.3) is 0 Å². The van der Waals surface area contributed by atoms with Gasteiger partial charge in [0.2, 0.25) is 0 Å². The minimum Gasteiger partial charge on any atom is -0.339 e. The van der Waals surface area contributed by atoms with E-state index in [9.17, 15) is 9.59 Å². The highest BCUT2D eigenvalue weighted by atomic mass is 32.1. The lowest BCUT2D eigenvalue weighted by atomic mass is 9.78. The van der Waals surface area contributed by atoms with Gasteiger partial charge in [-0.05, 0) is 66.9 Å². The summed E-state index contributed by atoms with van der Waals surface area (Å²) in [5.41, 5.74) is 1.79. The average molecular weight is 369 g/mol. The van der Waals surface area contributed by atoms with Gasteiger partial charge in [-0.25, -0.2) is 0 Å². The van der Waals surface area contributed by atoms with Crippen molar-refractivity contribution in [3.8, 4) is 0 Å². The molecular formula is C20H23N3O2S. The summed E-state index contributed by atoms with van der Waals surface area (Å²) in [6.07, 6.45) is 3.40. The Morgan fingerprint density at radius 3 is 2.46 bits per heavy atom. The first-order chi connectivity index (χ1) is 12.7. The molecule has 4 rings (SSSR count). The molecule has 1 aromatic heterocycles. The van der Waals surface area contributed by atoms with Crippen molar-refractivity contribution in [3.05, 3.63) is 52.2 Å². The van der Waals surface area contributed by atoms with Crippen LogP contribution in [0, 0.1) is 5.41 Å². The molecule has 0 radical (unpaired) electrons. The highest BCUT2D eigenvalue weighted by Crippen LogP contribution is 2.37. The number of rotatable bonds is 3. The molecule has 2 fully saturated rings. The van der Waals surface area contributed by atoms with Crippen LogP contribution >= 0.6 is 11.3 Å². The van der Waals surface area contributed by atoms with Crippen LogP contribution < -0.4 is 10.6 Å². The second-order valence-corrected chi connectivity index (χ2v) is 8.18. The number of hydrogen-bond donors (Lipinski definition) is 2. The number of anilines is 1. The van der Waals surface area contributed by atoms with Gasteiger partial charge >= 0.3 is 0 Å². The Morgan fingerprint density at radius 1 is 1.08 bits per heavy atom. The summed E-state index contributed by atoms with van der Waals surface area (Å²) in [5.74, 6) is -0.0347. The maximum atomic E-state index is 12.7. The van der Waals surface area contributed by atoms with Crippen molar-refractivity contribution in [2.45, 2.75) is 19.3 Å². The molecule has 136 valence electrons. The van der Waals surface area contributed by atoms with Gasteiger partial charge in [-0.2, -0.15) is 0 Å². The lowest BCUT2D eigenvalue weighted by molar-refractivity contribution is 0.0607. The van der Waals surface area contributed by atoms with Gasteiger partial charge < -0.3 is 15.5 Å². The minimum absolute atomic E-state index is 0.0851. The molecule has 6 heteroatoms. The minimum atomic E-state index is -0.120. The van der Waals surface area contributed by atoms with E-state index in [1.54, 1.807) is 30.3 Å². The highest BCUT2D eigenvalue weighted by Gasteiger charge is 2.38. The van der Waals surface area contributed by atoms with Crippen LogP contribution in [0.3, 0.4) is 0 Å². The highest BCUT2D eigenvalue weighted by molar-refractivity contribution is 7.12. The van der Waals surface area contributed by atoms with Gasteiger partial charge in [-0.1, -0.05) is 6.07 Å². The summed E-state index contributed by atoms with van der Waals surface area (Å²) < 4.78 is 0. The molecule has 2 aromatic rings. The summed E-state index contributed by atoms with van der Waals surface area (Å²) in [6, 6.07) is 10.8. The van der Waals surface area contributed by atoms with E-state index in [0.29, 0.717) is 21.5 Å². The first kappa shape index (κ1) is 17.2. The number of carbonyl (C=O) groups is 2. The first-order valence-electron chi connectivity index (χ1n) is 9.10. The number of carbonyl (C=O) groups excluding carboxylic acids is 2. The number of likely N-dealkylation sites (tertiary alicyclic amines) is 1. The number of amides is 2. The molecule has 0 atom stereocenters. The van der Waals surface area contributed by atoms with Crippen LogP contribution in [0.1, 0.15) is 39.3 Å². The largest absolute Gasteiger partial charge is 0.339 e. The third-order valence-corrected chi connectivity index (χ3v) is 6.45. The van der Waals surface area contributed by atoms with E-state index in [1.807, 2.05) is 16.3 Å². The van der Waals surface area contributed by atoms with Gasteiger partial charge in [-0.3, -0.25) is 9.59 Å². The number of thiophene rings is 1. The second-order valence-electron chi connectivity index (χ2n) is 7.23. The number of nitrogens with zero attached hydrogens (tertiary/aromatic N) is 1. The van der Waals surface area contributed by atoms with Crippen LogP contribution in [0.15, 0.2) is 41.8 Å². The normalized spacial score (nSPS) is 18.8. The van der Waals surface area contributed by atoms with E-state index in [2.05, 4.69) is 10.6 Å². The van der Waals surface area contributed by atoms with Gasteiger partial charge in [0.05, 0.1) is 4.88 Å². The number of benzene rings is 1. The van der Waals surface area contributed by atoms with Crippen molar-refractivity contribution in [2.75, 3.05) is 31.5 Å². The van der Waals surface area contributed by atoms with Crippen molar-refractivity contribution < 1.29 is 9.59 Å². The van der Waals surface area contributed by atoms with E-state index in [-0.39, 0.29) is 11.8 Å². The lowest BCUT2D eigenvalue weighted by Crippen LogP contribution is -2.44. The molecule has 1 spiro atoms. The monoisotopic (exact) mass is 369 g/mol. The molecule has 2 saturated heterocycles. The fraction of sp³-hybridized carbons (Fsp3) is 0.400. The molecule has 2 aliphatic heterocycles. The quantitative estimate of drug-likeness (QED) is 0.873. The van der Waals surface area contributed by atoms with E-state index >= 15 is 0 Å². The summed E-state index contributed by atoms with van der Waals surface area (Å²) in [4.78, 5) is 27.5. The van der Waals surface area contributed by atoms with Gasteiger partial charge in [0.15, 0.2) is 0 Å². The molecule has 0 unspecified atom stereocenters. The van der Waals surface area contributed by atoms with E-state index in [0.717, 1.165) is 39.0 Å². The van der Waals surface area contributed by atoms with Crippen LogP contribution in [-0.4, -0.2) is 42.9 Å². The molecule has 26 heavy (non-hydrogen) atoms. The molecule has 2 amide bonds. The molecule has 2 aliphatic rings. The Hall–Kier alpha value is -2.18. The first-order valence-corrected chi connectivity index (χ1v) is 9.98. The van der Waals surface area contributed by atoms with Crippen molar-refractivity contribution >= 4 is 28.8 Å². The zero-order chi connectivity index (χ0) is 18.0. The Balaban J connectivity index is 1.36. The fourth-order valence-corrected chi connectivity index (χ4v) is 4.50. The van der Waals surface area contributed by atoms with Crippen molar-refractivity contribution in [1.29, 1.82) is 0 Å². The van der Waals surface area contributed by atoms with Gasteiger partial charge in [0.1, 0.15) is 0 Å². The van der Waals surface area contributed by atoms with Crippen LogP contribution in [0.4, 0.5) is 5.69 Å². The predicted molar refractivity (Wildman–Crippen MR) is 104 cm³/mol. The SMILES string of the molecule is O=C(Nc1ccc(C(=O)N2CCC3(CCNC3)CC2)cc1)c1cccs1. The Labute approximate surface area is 157 Å². The maximum Gasteiger partial charge on any atom is 0.265 e. The van der Waals surface area contributed by atoms with Crippen molar-refractivity contribution in [2.24, 2.45) is 5.41 Å². The van der Waals surface area contributed by atoms with Crippen molar-refractivity contribution in [1.82, 2.24) is 10.2 Å². The molecule has 3 heterocycles. The zero-order valence-electron chi connectivity index (χ0n) is 14.7. The number of piperidine rings is 1. The molecule has 0 aliphatic carbocycles. The lowest BCUT2D eigenvalue weighted by Gasteiger charge is -2.38. The molecular weight excluding hydrogens is 346 g/mol. The Morgan fingerprint density at radius 2 is 1.85 bits per heavy atom. The third kappa shape index (κ3) is 3.52. The molecule has 0 saturated carbocycles. The van der Waals surface area contributed by atoms with Crippen molar-refractivity contribution in [3.63, 3.8) is 0 Å². The zero-order valence-corrected chi connectivity index (χ0v) is 15.5. The van der Waals surface area contributed by atoms with Gasteiger partial charge in [0.25, 0.3) is 11.8 Å². The standard InChI is InChI=1S/C20H23N3O2S/c24-18(17-2-1-13-26-17)22-16-5-3-15(4-6-16)19(25)23-11-8-20(9-12-23)7-10-21-14-20/h1-6,13,21H,7-12,14H2,(H,22,24). The van der Waals surface area contributed by atoms with E-state index < -0.39 is 0 Å². The molecule has 2 N–H and O–H groups in total. The average Bonchev–Trinajstić information content (AvgIpc) is 3.35. The molecule has 1 aromatic carbocycles. The topological polar surface area (TPSA) is 61.4 Å². The third-order valence-electron chi connectivity index (χ3n) is 5.58. The van der Waals surface area contributed by atoms with E-state index in [4.69, 9.17) is 0 Å². The summed E-state index contributed by atoms with van der Waals surface area (Å²) >= 11 is 1.41. The molecule has 0 bridgehead atoms. The maximum absolute atomic E-state index is 12.7. The summed E-state index contributed by atoms with van der Waals surface area (Å²) in [6.45, 7) is 3.86. The summed E-state index contributed by atoms with van der Waals surface area (Å²) in [5, 5.41) is 8.19. The second kappa shape index (κ2) is 7.21. The van der Waals surface area contributed by atoms with Crippen LogP contribution in [-0.2, 0) is 0 Å². The van der Waals surface area contributed by atoms with Crippen LogP contribution in [0.2, 0.25) is 0 Å². The number of hydrogen-bond acceptors (Lipinski definition) is 4.